The smallest absolute Gasteiger partial charge is 0.221 e. The summed E-state index contributed by atoms with van der Waals surface area (Å²) in [5.74, 6) is -0.866. The maximum Gasteiger partial charge on any atom is 0.221 e. The summed E-state index contributed by atoms with van der Waals surface area (Å²) in [6, 6.07) is 4.53. The Morgan fingerprint density at radius 2 is 2.25 bits per heavy atom. The van der Waals surface area contributed by atoms with E-state index in [0.717, 1.165) is 10.9 Å². The zero-order valence-corrected chi connectivity index (χ0v) is 8.83. The molecule has 0 radical (unpaired) electrons. The Bertz CT molecular complexity index is 566. The zero-order valence-electron chi connectivity index (χ0n) is 8.83. The minimum atomic E-state index is -0.491. The van der Waals surface area contributed by atoms with Gasteiger partial charge in [-0.3, -0.25) is 9.78 Å². The summed E-state index contributed by atoms with van der Waals surface area (Å²) in [5.41, 5.74) is 7.21. The molecule has 0 aliphatic carbocycles. The first-order chi connectivity index (χ1) is 7.58. The summed E-state index contributed by atoms with van der Waals surface area (Å²) in [6.07, 6.45) is 1.64. The number of rotatable bonds is 2. The predicted molar refractivity (Wildman–Crippen MR) is 59.3 cm³/mol. The Hall–Kier alpha value is -1.97. The van der Waals surface area contributed by atoms with Gasteiger partial charge in [0.2, 0.25) is 5.91 Å². The van der Waals surface area contributed by atoms with E-state index in [1.807, 2.05) is 6.92 Å². The van der Waals surface area contributed by atoms with Crippen LogP contribution in [0.1, 0.15) is 11.1 Å². The minimum Gasteiger partial charge on any atom is -0.369 e. The molecule has 2 rings (SSSR count). The molecular weight excluding hydrogens is 207 g/mol. The monoisotopic (exact) mass is 218 g/mol. The molecule has 1 aromatic carbocycles. The molecule has 1 aromatic heterocycles. The van der Waals surface area contributed by atoms with Crippen molar-refractivity contribution in [1.82, 2.24) is 4.98 Å². The van der Waals surface area contributed by atoms with Gasteiger partial charge in [-0.1, -0.05) is 0 Å². The number of aromatic nitrogens is 1. The van der Waals surface area contributed by atoms with Crippen molar-refractivity contribution in [2.24, 2.45) is 5.73 Å². The van der Waals surface area contributed by atoms with Gasteiger partial charge < -0.3 is 5.73 Å². The topological polar surface area (TPSA) is 56.0 Å². The number of nitrogens with zero attached hydrogens (tertiary/aromatic N) is 1. The first-order valence-corrected chi connectivity index (χ1v) is 4.90. The summed E-state index contributed by atoms with van der Waals surface area (Å²) in [7, 11) is 0. The van der Waals surface area contributed by atoms with E-state index in [4.69, 9.17) is 5.73 Å². The summed E-state index contributed by atoms with van der Waals surface area (Å²) >= 11 is 0. The van der Waals surface area contributed by atoms with Crippen LogP contribution in [0, 0.1) is 12.7 Å². The number of pyridine rings is 1. The fourth-order valence-corrected chi connectivity index (χ4v) is 1.74. The average Bonchev–Trinajstić information content (AvgIpc) is 2.18. The molecule has 0 fully saturated rings. The lowest BCUT2D eigenvalue weighted by Crippen LogP contribution is -2.14. The van der Waals surface area contributed by atoms with Crippen molar-refractivity contribution in [1.29, 1.82) is 0 Å². The first kappa shape index (κ1) is 10.5. The fraction of sp³-hybridized carbons (Fsp3) is 0.167. The lowest BCUT2D eigenvalue weighted by Gasteiger charge is -2.06. The maximum absolute atomic E-state index is 13.3. The Balaban J connectivity index is 2.72. The number of hydrogen-bond acceptors (Lipinski definition) is 2. The molecule has 0 unspecified atom stereocenters. The standard InChI is InChI=1S/C12H11FN2O/c1-7-2-3-15-12-8(5-11(14)16)4-9(13)6-10(7)12/h2-4,6H,5H2,1H3,(H2,14,16). The van der Waals surface area contributed by atoms with Gasteiger partial charge in [-0.05, 0) is 36.2 Å². The number of carbonyl (C=O) groups excluding carboxylic acids is 1. The van der Waals surface area contributed by atoms with Gasteiger partial charge in [-0.25, -0.2) is 4.39 Å². The molecular formula is C12H11FN2O. The molecule has 82 valence electrons. The zero-order chi connectivity index (χ0) is 11.7. The Morgan fingerprint density at radius 1 is 1.50 bits per heavy atom. The van der Waals surface area contributed by atoms with E-state index in [1.54, 1.807) is 12.3 Å². The first-order valence-electron chi connectivity index (χ1n) is 4.90. The van der Waals surface area contributed by atoms with Crippen LogP contribution >= 0.6 is 0 Å². The normalized spacial score (nSPS) is 10.6. The van der Waals surface area contributed by atoms with Crippen LogP contribution < -0.4 is 5.73 Å². The Kier molecular flexibility index (Phi) is 2.56. The minimum absolute atomic E-state index is 0.00468. The SMILES string of the molecule is Cc1ccnc2c(CC(N)=O)cc(F)cc12. The fourth-order valence-electron chi connectivity index (χ4n) is 1.74. The highest BCUT2D eigenvalue weighted by Gasteiger charge is 2.09. The van der Waals surface area contributed by atoms with Gasteiger partial charge in [0, 0.05) is 11.6 Å². The highest BCUT2D eigenvalue weighted by Crippen LogP contribution is 2.21. The molecule has 4 heteroatoms. The van der Waals surface area contributed by atoms with Crippen molar-refractivity contribution in [2.45, 2.75) is 13.3 Å². The number of hydrogen-bond donors (Lipinski definition) is 1. The van der Waals surface area contributed by atoms with Gasteiger partial charge in [0.05, 0.1) is 11.9 Å². The molecule has 3 nitrogen and oxygen atoms in total. The van der Waals surface area contributed by atoms with E-state index in [9.17, 15) is 9.18 Å². The third-order valence-electron chi connectivity index (χ3n) is 2.47. The van der Waals surface area contributed by atoms with Gasteiger partial charge in [0.1, 0.15) is 5.82 Å². The van der Waals surface area contributed by atoms with Crippen LogP contribution in [0.3, 0.4) is 0 Å². The highest BCUT2D eigenvalue weighted by atomic mass is 19.1. The summed E-state index contributed by atoms with van der Waals surface area (Å²) in [5, 5.41) is 0.721. The van der Waals surface area contributed by atoms with Crippen LogP contribution in [0.15, 0.2) is 24.4 Å². The van der Waals surface area contributed by atoms with E-state index in [2.05, 4.69) is 4.98 Å². The number of primary amides is 1. The molecule has 0 spiro atoms. The van der Waals surface area contributed by atoms with Crippen molar-refractivity contribution < 1.29 is 9.18 Å². The van der Waals surface area contributed by atoms with Crippen LogP contribution in [0.5, 0.6) is 0 Å². The maximum atomic E-state index is 13.3. The number of carbonyl (C=O) groups is 1. The van der Waals surface area contributed by atoms with Crippen molar-refractivity contribution >= 4 is 16.8 Å². The van der Waals surface area contributed by atoms with Gasteiger partial charge in [0.25, 0.3) is 0 Å². The van der Waals surface area contributed by atoms with Gasteiger partial charge >= 0.3 is 0 Å². The number of fused-ring (bicyclic) bond motifs is 1. The van der Waals surface area contributed by atoms with Crippen molar-refractivity contribution in [3.63, 3.8) is 0 Å². The Morgan fingerprint density at radius 3 is 2.94 bits per heavy atom. The third-order valence-corrected chi connectivity index (χ3v) is 2.47. The van der Waals surface area contributed by atoms with E-state index in [0.29, 0.717) is 11.1 Å². The van der Waals surface area contributed by atoms with Gasteiger partial charge in [-0.2, -0.15) is 0 Å². The van der Waals surface area contributed by atoms with Crippen LogP contribution in [0.4, 0.5) is 4.39 Å². The molecule has 0 saturated carbocycles. The van der Waals surface area contributed by atoms with E-state index in [1.165, 1.54) is 12.1 Å². The molecule has 0 saturated heterocycles. The lowest BCUT2D eigenvalue weighted by molar-refractivity contribution is -0.117. The number of nitrogens with two attached hydrogens (primary N) is 1. The molecule has 0 bridgehead atoms. The molecule has 2 aromatic rings. The van der Waals surface area contributed by atoms with Crippen molar-refractivity contribution in [2.75, 3.05) is 0 Å². The molecule has 1 amide bonds. The summed E-state index contributed by atoms with van der Waals surface area (Å²) in [6.45, 7) is 1.87. The van der Waals surface area contributed by atoms with E-state index < -0.39 is 5.91 Å². The Labute approximate surface area is 92.1 Å². The number of amides is 1. The summed E-state index contributed by atoms with van der Waals surface area (Å²) < 4.78 is 13.3. The molecule has 16 heavy (non-hydrogen) atoms. The molecule has 1 heterocycles. The lowest BCUT2D eigenvalue weighted by atomic mass is 10.0. The molecule has 0 atom stereocenters. The van der Waals surface area contributed by atoms with Crippen molar-refractivity contribution in [3.8, 4) is 0 Å². The largest absolute Gasteiger partial charge is 0.369 e. The molecule has 0 aliphatic rings. The number of aryl methyl sites for hydroxylation is 1. The average molecular weight is 218 g/mol. The third kappa shape index (κ3) is 1.86. The van der Waals surface area contributed by atoms with Crippen molar-refractivity contribution in [3.05, 3.63) is 41.3 Å². The van der Waals surface area contributed by atoms with E-state index >= 15 is 0 Å². The van der Waals surface area contributed by atoms with Gasteiger partial charge in [0.15, 0.2) is 0 Å². The molecule has 2 N–H and O–H groups in total. The van der Waals surface area contributed by atoms with Crippen LogP contribution in [0.25, 0.3) is 10.9 Å². The predicted octanol–water partition coefficient (Wildman–Crippen LogP) is 1.71. The van der Waals surface area contributed by atoms with Gasteiger partial charge in [-0.15, -0.1) is 0 Å². The van der Waals surface area contributed by atoms with Crippen LogP contribution in [-0.2, 0) is 11.2 Å². The number of benzene rings is 1. The van der Waals surface area contributed by atoms with E-state index in [-0.39, 0.29) is 12.2 Å². The van der Waals surface area contributed by atoms with Crippen LogP contribution in [0.2, 0.25) is 0 Å². The van der Waals surface area contributed by atoms with Crippen LogP contribution in [-0.4, -0.2) is 10.9 Å². The molecule has 0 aliphatic heterocycles. The second-order valence-electron chi connectivity index (χ2n) is 3.73. The number of halogens is 1. The second kappa shape index (κ2) is 3.89. The quantitative estimate of drug-likeness (QED) is 0.834. The highest BCUT2D eigenvalue weighted by molar-refractivity contribution is 5.88. The second-order valence-corrected chi connectivity index (χ2v) is 3.73. The summed E-state index contributed by atoms with van der Waals surface area (Å²) in [4.78, 5) is 15.0.